The molecular formula is C14H17NO. The molecule has 0 aliphatic carbocycles. The number of benzene rings is 1. The Kier molecular flexibility index (Phi) is 3.78. The van der Waals surface area contributed by atoms with E-state index < -0.39 is 0 Å². The summed E-state index contributed by atoms with van der Waals surface area (Å²) in [5.41, 5.74) is 2.56. The van der Waals surface area contributed by atoms with Crippen molar-refractivity contribution < 1.29 is 4.42 Å². The molecule has 0 fully saturated rings. The minimum absolute atomic E-state index is 0.339. The molecule has 0 radical (unpaired) electrons. The Morgan fingerprint density at radius 3 is 2.62 bits per heavy atom. The van der Waals surface area contributed by atoms with Gasteiger partial charge >= 0.3 is 0 Å². The molecule has 84 valence electrons. The molecule has 1 aromatic carbocycles. The molecule has 1 atom stereocenters. The molecule has 2 heteroatoms. The monoisotopic (exact) mass is 215 g/mol. The van der Waals surface area contributed by atoms with Crippen LogP contribution in [0.3, 0.4) is 0 Å². The quantitative estimate of drug-likeness (QED) is 0.828. The van der Waals surface area contributed by atoms with Crippen LogP contribution in [0.2, 0.25) is 0 Å². The van der Waals surface area contributed by atoms with E-state index >= 15 is 0 Å². The van der Waals surface area contributed by atoms with E-state index in [2.05, 4.69) is 36.5 Å². The van der Waals surface area contributed by atoms with Crippen molar-refractivity contribution in [2.75, 3.05) is 6.54 Å². The number of furan rings is 1. The van der Waals surface area contributed by atoms with Gasteiger partial charge in [-0.1, -0.05) is 37.3 Å². The average molecular weight is 215 g/mol. The average Bonchev–Trinajstić information content (AvgIpc) is 2.83. The number of hydrogen-bond donors (Lipinski definition) is 1. The van der Waals surface area contributed by atoms with Crippen molar-refractivity contribution in [2.24, 2.45) is 0 Å². The molecule has 1 heterocycles. The molecule has 0 spiro atoms. The second-order valence-electron chi connectivity index (χ2n) is 3.86. The summed E-state index contributed by atoms with van der Waals surface area (Å²) in [5.74, 6) is 0. The zero-order valence-electron chi connectivity index (χ0n) is 9.52. The van der Waals surface area contributed by atoms with Gasteiger partial charge in [0.1, 0.15) is 0 Å². The van der Waals surface area contributed by atoms with Gasteiger partial charge in [0.05, 0.1) is 12.5 Å². The summed E-state index contributed by atoms with van der Waals surface area (Å²) < 4.78 is 5.14. The molecule has 2 rings (SSSR count). The van der Waals surface area contributed by atoms with Gasteiger partial charge < -0.3 is 9.73 Å². The Labute approximate surface area is 96.3 Å². The van der Waals surface area contributed by atoms with Gasteiger partial charge in [-0.3, -0.25) is 0 Å². The summed E-state index contributed by atoms with van der Waals surface area (Å²) in [6.45, 7) is 3.08. The van der Waals surface area contributed by atoms with E-state index in [-0.39, 0.29) is 0 Å². The summed E-state index contributed by atoms with van der Waals surface area (Å²) in [7, 11) is 0. The molecule has 2 aromatic rings. The van der Waals surface area contributed by atoms with Crippen LogP contribution >= 0.6 is 0 Å². The van der Waals surface area contributed by atoms with E-state index in [0.717, 1.165) is 13.0 Å². The van der Waals surface area contributed by atoms with E-state index in [4.69, 9.17) is 4.42 Å². The lowest BCUT2D eigenvalue weighted by atomic mass is 10.0. The predicted octanol–water partition coefficient (Wildman–Crippen LogP) is 3.17. The van der Waals surface area contributed by atoms with Gasteiger partial charge in [-0.15, -0.1) is 0 Å². The van der Waals surface area contributed by atoms with Crippen molar-refractivity contribution in [2.45, 2.75) is 19.4 Å². The maximum absolute atomic E-state index is 5.14. The molecular weight excluding hydrogens is 198 g/mol. The van der Waals surface area contributed by atoms with Crippen LogP contribution in [0.1, 0.15) is 24.1 Å². The Morgan fingerprint density at radius 1 is 1.19 bits per heavy atom. The summed E-state index contributed by atoms with van der Waals surface area (Å²) in [5, 5.41) is 3.47. The van der Waals surface area contributed by atoms with Crippen LogP contribution in [0.15, 0.2) is 53.3 Å². The summed E-state index contributed by atoms with van der Waals surface area (Å²) >= 11 is 0. The highest BCUT2D eigenvalue weighted by Crippen LogP contribution is 2.18. The first kappa shape index (κ1) is 11.0. The van der Waals surface area contributed by atoms with Crippen molar-refractivity contribution in [3.8, 4) is 0 Å². The molecule has 0 amide bonds. The molecule has 1 N–H and O–H groups in total. The largest absolute Gasteiger partial charge is 0.472 e. The van der Waals surface area contributed by atoms with Crippen LogP contribution in [0.4, 0.5) is 0 Å². The number of likely N-dealkylation sites (N-methyl/N-ethyl adjacent to an activating group) is 1. The SMILES string of the molecule is CCNC(Cc1ccccc1)c1ccoc1. The predicted molar refractivity (Wildman–Crippen MR) is 65.3 cm³/mol. The molecule has 0 bridgehead atoms. The molecule has 0 aliphatic heterocycles. The first-order chi connectivity index (χ1) is 7.90. The fourth-order valence-corrected chi connectivity index (χ4v) is 1.88. The third-order valence-corrected chi connectivity index (χ3v) is 2.68. The van der Waals surface area contributed by atoms with Gasteiger partial charge in [-0.2, -0.15) is 0 Å². The molecule has 1 aromatic heterocycles. The lowest BCUT2D eigenvalue weighted by molar-refractivity contribution is 0.525. The summed E-state index contributed by atoms with van der Waals surface area (Å²) in [4.78, 5) is 0. The Morgan fingerprint density at radius 2 is 2.00 bits per heavy atom. The van der Waals surface area contributed by atoms with E-state index in [0.29, 0.717) is 6.04 Å². The Bertz CT molecular complexity index is 394. The third-order valence-electron chi connectivity index (χ3n) is 2.68. The normalized spacial score (nSPS) is 12.6. The Balaban J connectivity index is 2.09. The molecule has 1 unspecified atom stereocenters. The zero-order valence-corrected chi connectivity index (χ0v) is 9.52. The van der Waals surface area contributed by atoms with Crippen molar-refractivity contribution in [3.05, 3.63) is 60.1 Å². The molecule has 16 heavy (non-hydrogen) atoms. The molecule has 2 nitrogen and oxygen atoms in total. The van der Waals surface area contributed by atoms with E-state index in [1.54, 1.807) is 6.26 Å². The van der Waals surface area contributed by atoms with Crippen LogP contribution in [0, 0.1) is 0 Å². The molecule has 0 aliphatic rings. The summed E-state index contributed by atoms with van der Waals surface area (Å²) in [6.07, 6.45) is 4.54. The smallest absolute Gasteiger partial charge is 0.0950 e. The minimum atomic E-state index is 0.339. The van der Waals surface area contributed by atoms with Crippen LogP contribution < -0.4 is 5.32 Å². The van der Waals surface area contributed by atoms with Gasteiger partial charge in [0.25, 0.3) is 0 Å². The number of nitrogens with one attached hydrogen (secondary N) is 1. The van der Waals surface area contributed by atoms with E-state index in [1.165, 1.54) is 11.1 Å². The van der Waals surface area contributed by atoms with Gasteiger partial charge in [-0.05, 0) is 24.6 Å². The van der Waals surface area contributed by atoms with Crippen molar-refractivity contribution in [1.29, 1.82) is 0 Å². The van der Waals surface area contributed by atoms with E-state index in [9.17, 15) is 0 Å². The summed E-state index contributed by atoms with van der Waals surface area (Å²) in [6, 6.07) is 12.9. The minimum Gasteiger partial charge on any atom is -0.472 e. The highest BCUT2D eigenvalue weighted by atomic mass is 16.3. The van der Waals surface area contributed by atoms with Crippen LogP contribution in [-0.4, -0.2) is 6.54 Å². The third kappa shape index (κ3) is 2.74. The Hall–Kier alpha value is -1.54. The fraction of sp³-hybridized carbons (Fsp3) is 0.286. The first-order valence-corrected chi connectivity index (χ1v) is 5.69. The fourth-order valence-electron chi connectivity index (χ4n) is 1.88. The van der Waals surface area contributed by atoms with Crippen LogP contribution in [0.25, 0.3) is 0 Å². The lowest BCUT2D eigenvalue weighted by Crippen LogP contribution is -2.22. The van der Waals surface area contributed by atoms with Gasteiger partial charge in [-0.25, -0.2) is 0 Å². The van der Waals surface area contributed by atoms with Gasteiger partial charge in [0.2, 0.25) is 0 Å². The van der Waals surface area contributed by atoms with Crippen LogP contribution in [-0.2, 0) is 6.42 Å². The topological polar surface area (TPSA) is 25.2 Å². The highest BCUT2D eigenvalue weighted by molar-refractivity contribution is 5.20. The molecule has 0 saturated heterocycles. The van der Waals surface area contributed by atoms with Crippen molar-refractivity contribution in [3.63, 3.8) is 0 Å². The molecule has 0 saturated carbocycles. The highest BCUT2D eigenvalue weighted by Gasteiger charge is 2.11. The zero-order chi connectivity index (χ0) is 11.2. The first-order valence-electron chi connectivity index (χ1n) is 5.69. The van der Waals surface area contributed by atoms with E-state index in [1.807, 2.05) is 18.4 Å². The maximum Gasteiger partial charge on any atom is 0.0950 e. The van der Waals surface area contributed by atoms with Crippen molar-refractivity contribution in [1.82, 2.24) is 5.32 Å². The number of hydrogen-bond acceptors (Lipinski definition) is 2. The van der Waals surface area contributed by atoms with Gasteiger partial charge in [0, 0.05) is 11.6 Å². The second kappa shape index (κ2) is 5.52. The lowest BCUT2D eigenvalue weighted by Gasteiger charge is -2.16. The van der Waals surface area contributed by atoms with Gasteiger partial charge in [0.15, 0.2) is 0 Å². The standard InChI is InChI=1S/C14H17NO/c1-2-15-14(13-8-9-16-11-13)10-12-6-4-3-5-7-12/h3-9,11,14-15H,2,10H2,1H3. The number of rotatable bonds is 5. The maximum atomic E-state index is 5.14. The van der Waals surface area contributed by atoms with Crippen LogP contribution in [0.5, 0.6) is 0 Å². The van der Waals surface area contributed by atoms with Crippen molar-refractivity contribution >= 4 is 0 Å². The second-order valence-corrected chi connectivity index (χ2v) is 3.86.